The lowest BCUT2D eigenvalue weighted by atomic mass is 10.1. The first-order valence-corrected chi connectivity index (χ1v) is 10.2. The number of carbonyl (C=O) groups excluding carboxylic acids is 4. The number of rotatable bonds is 17. The molecular weight excluding hydrogens is 364 g/mol. The summed E-state index contributed by atoms with van der Waals surface area (Å²) in [4.78, 5) is 45.1. The zero-order chi connectivity index (χ0) is 21.0. The zero-order valence-corrected chi connectivity index (χ0v) is 17.3. The van der Waals surface area contributed by atoms with Gasteiger partial charge < -0.3 is 20.1 Å². The summed E-state index contributed by atoms with van der Waals surface area (Å²) >= 11 is 0. The van der Waals surface area contributed by atoms with Crippen molar-refractivity contribution in [3.05, 3.63) is 0 Å². The molecule has 0 radical (unpaired) electrons. The molecule has 0 atom stereocenters. The molecular formula is C20H36N2O6. The second-order valence-electron chi connectivity index (χ2n) is 6.68. The van der Waals surface area contributed by atoms with E-state index < -0.39 is 0 Å². The van der Waals surface area contributed by atoms with Gasteiger partial charge in [-0.3, -0.25) is 19.2 Å². The molecule has 0 rings (SSSR count). The highest BCUT2D eigenvalue weighted by molar-refractivity contribution is 5.76. The molecule has 0 aliphatic carbocycles. The van der Waals surface area contributed by atoms with Gasteiger partial charge in [-0.1, -0.05) is 12.8 Å². The number of amides is 2. The quantitative estimate of drug-likeness (QED) is 0.286. The first-order chi connectivity index (χ1) is 13.5. The van der Waals surface area contributed by atoms with Gasteiger partial charge in [0.15, 0.2) is 0 Å². The smallest absolute Gasteiger partial charge is 0.305 e. The summed E-state index contributed by atoms with van der Waals surface area (Å²) in [7, 11) is 2.72. The summed E-state index contributed by atoms with van der Waals surface area (Å²) in [5.74, 6) is -0.445. The van der Waals surface area contributed by atoms with E-state index in [1.54, 1.807) is 0 Å². The van der Waals surface area contributed by atoms with E-state index in [1.165, 1.54) is 14.2 Å². The number of methoxy groups -OCH3 is 2. The van der Waals surface area contributed by atoms with Crippen LogP contribution in [-0.4, -0.2) is 51.1 Å². The number of hydrogen-bond donors (Lipinski definition) is 2. The minimum atomic E-state index is -0.241. The fourth-order valence-corrected chi connectivity index (χ4v) is 2.55. The standard InChI is InChI=1S/C20H36N2O6/c1-27-19(25)13-7-5-11-17(23)21-15-9-3-4-10-16-22-18(24)12-6-8-14-20(26)28-2/h3-16H2,1-2H3,(H,21,23)(H,22,24). The summed E-state index contributed by atoms with van der Waals surface area (Å²) in [6.07, 6.45) is 8.09. The maximum absolute atomic E-state index is 11.6. The van der Waals surface area contributed by atoms with Crippen LogP contribution in [-0.2, 0) is 28.7 Å². The second-order valence-corrected chi connectivity index (χ2v) is 6.68. The largest absolute Gasteiger partial charge is 0.469 e. The van der Waals surface area contributed by atoms with Gasteiger partial charge in [0.1, 0.15) is 0 Å². The fourth-order valence-electron chi connectivity index (χ4n) is 2.55. The molecule has 0 saturated heterocycles. The van der Waals surface area contributed by atoms with Gasteiger partial charge in [-0.15, -0.1) is 0 Å². The summed E-state index contributed by atoms with van der Waals surface area (Å²) in [6.45, 7) is 1.31. The summed E-state index contributed by atoms with van der Waals surface area (Å²) in [5.41, 5.74) is 0. The Morgan fingerprint density at radius 3 is 1.25 bits per heavy atom. The predicted octanol–water partition coefficient (Wildman–Crippen LogP) is 2.25. The molecule has 2 N–H and O–H groups in total. The maximum Gasteiger partial charge on any atom is 0.305 e. The molecule has 0 fully saturated rings. The molecule has 8 nitrogen and oxygen atoms in total. The van der Waals surface area contributed by atoms with E-state index in [1.807, 2.05) is 0 Å². The minimum absolute atomic E-state index is 0.0179. The average molecular weight is 401 g/mol. The van der Waals surface area contributed by atoms with Crippen molar-refractivity contribution in [2.75, 3.05) is 27.3 Å². The lowest BCUT2D eigenvalue weighted by molar-refractivity contribution is -0.141. The molecule has 0 aliphatic heterocycles. The average Bonchev–Trinajstić information content (AvgIpc) is 2.69. The Kier molecular flexibility index (Phi) is 16.9. The summed E-state index contributed by atoms with van der Waals surface area (Å²) in [6, 6.07) is 0. The molecule has 0 aromatic carbocycles. The van der Waals surface area contributed by atoms with Crippen molar-refractivity contribution in [3.8, 4) is 0 Å². The molecule has 0 aliphatic rings. The number of ether oxygens (including phenoxy) is 2. The number of nitrogens with one attached hydrogen (secondary N) is 2. The van der Waals surface area contributed by atoms with Crippen molar-refractivity contribution in [2.24, 2.45) is 0 Å². The number of hydrogen-bond acceptors (Lipinski definition) is 6. The van der Waals surface area contributed by atoms with Crippen LogP contribution in [0, 0.1) is 0 Å². The molecule has 0 aromatic rings. The molecule has 162 valence electrons. The van der Waals surface area contributed by atoms with E-state index in [0.717, 1.165) is 25.7 Å². The second kappa shape index (κ2) is 18.3. The first kappa shape index (κ1) is 25.9. The third-order valence-corrected chi connectivity index (χ3v) is 4.27. The lowest BCUT2D eigenvalue weighted by Crippen LogP contribution is -2.25. The van der Waals surface area contributed by atoms with Crippen LogP contribution in [0.2, 0.25) is 0 Å². The van der Waals surface area contributed by atoms with Crippen molar-refractivity contribution in [1.29, 1.82) is 0 Å². The van der Waals surface area contributed by atoms with Gasteiger partial charge in [-0.2, -0.15) is 0 Å². The predicted molar refractivity (Wildman–Crippen MR) is 105 cm³/mol. The molecule has 0 bridgehead atoms. The van der Waals surface area contributed by atoms with Crippen molar-refractivity contribution in [2.45, 2.75) is 77.0 Å². The highest BCUT2D eigenvalue weighted by Crippen LogP contribution is 2.03. The van der Waals surface area contributed by atoms with Crippen LogP contribution in [0.25, 0.3) is 0 Å². The van der Waals surface area contributed by atoms with Gasteiger partial charge in [-0.05, 0) is 38.5 Å². The van der Waals surface area contributed by atoms with Gasteiger partial charge in [0.2, 0.25) is 11.8 Å². The van der Waals surface area contributed by atoms with Crippen LogP contribution in [0.5, 0.6) is 0 Å². The summed E-state index contributed by atoms with van der Waals surface area (Å²) < 4.78 is 9.09. The Bertz CT molecular complexity index is 426. The Morgan fingerprint density at radius 1 is 0.536 bits per heavy atom. The van der Waals surface area contributed by atoms with Crippen LogP contribution in [0.4, 0.5) is 0 Å². The van der Waals surface area contributed by atoms with Gasteiger partial charge in [0, 0.05) is 38.8 Å². The Balaban J connectivity index is 3.36. The van der Waals surface area contributed by atoms with E-state index in [4.69, 9.17) is 0 Å². The molecule has 0 saturated carbocycles. The zero-order valence-electron chi connectivity index (χ0n) is 17.3. The monoisotopic (exact) mass is 400 g/mol. The Labute approximate surface area is 168 Å². The number of carbonyl (C=O) groups is 4. The normalized spacial score (nSPS) is 10.2. The van der Waals surface area contributed by atoms with Crippen LogP contribution in [0.1, 0.15) is 77.0 Å². The highest BCUT2D eigenvalue weighted by atomic mass is 16.5. The number of unbranched alkanes of at least 4 members (excludes halogenated alkanes) is 5. The molecule has 0 unspecified atom stereocenters. The van der Waals surface area contributed by atoms with Gasteiger partial charge >= 0.3 is 11.9 Å². The van der Waals surface area contributed by atoms with Crippen molar-refractivity contribution in [3.63, 3.8) is 0 Å². The molecule has 2 amide bonds. The van der Waals surface area contributed by atoms with E-state index in [-0.39, 0.29) is 23.8 Å². The SMILES string of the molecule is COC(=O)CCCCC(=O)NCCCCCCNC(=O)CCCCC(=O)OC. The van der Waals surface area contributed by atoms with Crippen LogP contribution >= 0.6 is 0 Å². The van der Waals surface area contributed by atoms with Gasteiger partial charge in [0.05, 0.1) is 14.2 Å². The van der Waals surface area contributed by atoms with Crippen molar-refractivity contribution >= 4 is 23.8 Å². The van der Waals surface area contributed by atoms with E-state index >= 15 is 0 Å². The van der Waals surface area contributed by atoms with Crippen LogP contribution in [0.3, 0.4) is 0 Å². The Morgan fingerprint density at radius 2 is 0.893 bits per heavy atom. The molecule has 8 heteroatoms. The maximum atomic E-state index is 11.6. The Hall–Kier alpha value is -2.12. The van der Waals surface area contributed by atoms with Crippen molar-refractivity contribution in [1.82, 2.24) is 10.6 Å². The molecule has 0 aromatic heterocycles. The topological polar surface area (TPSA) is 111 Å². The van der Waals surface area contributed by atoms with Crippen LogP contribution in [0.15, 0.2) is 0 Å². The molecule has 28 heavy (non-hydrogen) atoms. The van der Waals surface area contributed by atoms with Gasteiger partial charge in [0.25, 0.3) is 0 Å². The van der Waals surface area contributed by atoms with E-state index in [9.17, 15) is 19.2 Å². The minimum Gasteiger partial charge on any atom is -0.469 e. The third-order valence-electron chi connectivity index (χ3n) is 4.27. The first-order valence-electron chi connectivity index (χ1n) is 10.2. The van der Waals surface area contributed by atoms with Crippen molar-refractivity contribution < 1.29 is 28.7 Å². The summed E-state index contributed by atoms with van der Waals surface area (Å²) in [5, 5.41) is 5.75. The lowest BCUT2D eigenvalue weighted by Gasteiger charge is -2.06. The van der Waals surface area contributed by atoms with Crippen LogP contribution < -0.4 is 10.6 Å². The third kappa shape index (κ3) is 17.3. The van der Waals surface area contributed by atoms with E-state index in [0.29, 0.717) is 64.5 Å². The van der Waals surface area contributed by atoms with Gasteiger partial charge in [-0.25, -0.2) is 0 Å². The molecule has 0 spiro atoms. The fraction of sp³-hybridized carbons (Fsp3) is 0.800. The van der Waals surface area contributed by atoms with E-state index in [2.05, 4.69) is 20.1 Å². The highest BCUT2D eigenvalue weighted by Gasteiger charge is 2.05. The molecule has 0 heterocycles. The number of esters is 2.